The number of hydrogen-bond donors (Lipinski definition) is 2. The third-order valence-corrected chi connectivity index (χ3v) is 10.6. The van der Waals surface area contributed by atoms with Gasteiger partial charge in [0.25, 0.3) is 5.91 Å². The maximum absolute atomic E-state index is 12.0. The van der Waals surface area contributed by atoms with Crippen LogP contribution in [-0.2, 0) is 4.79 Å². The van der Waals surface area contributed by atoms with E-state index in [1.165, 1.54) is 9.54 Å². The highest BCUT2D eigenvalue weighted by molar-refractivity contribution is 14.1. The van der Waals surface area contributed by atoms with Crippen LogP contribution in [-0.4, -0.2) is 41.0 Å². The molecule has 1 fully saturated rings. The van der Waals surface area contributed by atoms with Crippen molar-refractivity contribution in [3.05, 3.63) is 8.11 Å². The number of thioether (sulfide) groups is 1. The fourth-order valence-corrected chi connectivity index (χ4v) is 9.93. The highest BCUT2D eigenvalue weighted by Gasteiger charge is 2.69. The summed E-state index contributed by atoms with van der Waals surface area (Å²) in [7, 11) is -1.49. The van der Waals surface area contributed by atoms with Crippen molar-refractivity contribution < 1.29 is 9.90 Å². The monoisotopic (exact) mass is 384 g/mol. The highest BCUT2D eigenvalue weighted by Crippen LogP contribution is 2.60. The number of β-lactam (4-membered cyclic amide) rings is 1. The third kappa shape index (κ3) is 1.66. The van der Waals surface area contributed by atoms with Crippen LogP contribution in [0.15, 0.2) is 8.11 Å². The van der Waals surface area contributed by atoms with Crippen LogP contribution in [0.4, 0.5) is 0 Å². The van der Waals surface area contributed by atoms with E-state index in [0.29, 0.717) is 0 Å². The summed E-state index contributed by atoms with van der Waals surface area (Å²) in [4.78, 5) is 12.0. The van der Waals surface area contributed by atoms with E-state index in [9.17, 15) is 9.90 Å². The smallest absolute Gasteiger partial charge is 0.258 e. The van der Waals surface area contributed by atoms with Crippen LogP contribution in [0.5, 0.6) is 0 Å². The molecule has 2 aliphatic heterocycles. The summed E-state index contributed by atoms with van der Waals surface area (Å²) in [5, 5.41) is 11.3. The fourth-order valence-electron chi connectivity index (χ4n) is 2.33. The average molecular weight is 384 g/mol. The third-order valence-electron chi connectivity index (χ3n) is 3.28. The lowest BCUT2D eigenvalue weighted by atomic mass is 9.84. The first-order chi connectivity index (χ1) is 7.64. The number of carbonyl (C=O) groups is 1. The number of halogens is 1. The largest absolute Gasteiger partial charge is 0.391 e. The number of rotatable bonds is 2. The molecule has 4 nitrogen and oxygen atoms in total. The predicted molar refractivity (Wildman–Crippen MR) is 81.2 cm³/mol. The molecular formula is C10H17IN2O2SSi. The lowest BCUT2D eigenvalue weighted by Gasteiger charge is -2.51. The molecule has 0 saturated carbocycles. The number of hydrazine groups is 1. The second-order valence-corrected chi connectivity index (χ2v) is 13.4. The van der Waals surface area contributed by atoms with E-state index in [-0.39, 0.29) is 11.9 Å². The highest BCUT2D eigenvalue weighted by atomic mass is 127. The summed E-state index contributed by atoms with van der Waals surface area (Å²) in [5.74, 6) is 5.61. The SMILES string of the molecule is CC(O)C12SC([Si](C)(C)C)=C(I)C1N(N)C2=O. The Morgan fingerprint density at radius 1 is 1.59 bits per heavy atom. The summed E-state index contributed by atoms with van der Waals surface area (Å²) in [6, 6.07) is -0.137. The maximum Gasteiger partial charge on any atom is 0.258 e. The molecule has 7 heteroatoms. The molecule has 3 N–H and O–H groups in total. The molecule has 0 bridgehead atoms. The van der Waals surface area contributed by atoms with Crippen LogP contribution in [0, 0.1) is 0 Å². The normalized spacial score (nSPS) is 34.9. The van der Waals surface area contributed by atoms with Gasteiger partial charge >= 0.3 is 0 Å². The predicted octanol–water partition coefficient (Wildman–Crippen LogP) is 1.46. The van der Waals surface area contributed by atoms with Gasteiger partial charge in [-0.25, -0.2) is 5.84 Å². The molecule has 0 aromatic carbocycles. The zero-order valence-electron chi connectivity index (χ0n) is 10.3. The van der Waals surface area contributed by atoms with Crippen LogP contribution in [0.1, 0.15) is 6.92 Å². The Labute approximate surface area is 120 Å². The van der Waals surface area contributed by atoms with E-state index in [1.807, 2.05) is 0 Å². The van der Waals surface area contributed by atoms with Gasteiger partial charge in [-0.1, -0.05) is 19.6 Å². The van der Waals surface area contributed by atoms with Crippen molar-refractivity contribution in [3.8, 4) is 0 Å². The number of aliphatic hydroxyl groups excluding tert-OH is 1. The van der Waals surface area contributed by atoms with E-state index in [1.54, 1.807) is 18.7 Å². The summed E-state index contributed by atoms with van der Waals surface area (Å²) in [6.07, 6.45) is -0.677. The molecule has 2 rings (SSSR count). The Hall–Kier alpha value is 0.427. The lowest BCUT2D eigenvalue weighted by Crippen LogP contribution is -2.76. The molecule has 0 aromatic rings. The Bertz CT molecular complexity index is 421. The molecule has 3 unspecified atom stereocenters. The van der Waals surface area contributed by atoms with Crippen LogP contribution in [0.2, 0.25) is 19.6 Å². The van der Waals surface area contributed by atoms with Crippen molar-refractivity contribution in [3.63, 3.8) is 0 Å². The molecule has 2 aliphatic rings. The molecule has 3 atom stereocenters. The van der Waals surface area contributed by atoms with Crippen LogP contribution >= 0.6 is 34.4 Å². The van der Waals surface area contributed by atoms with Gasteiger partial charge in [-0.15, -0.1) is 11.8 Å². The molecule has 2 heterocycles. The molecule has 0 spiro atoms. The maximum atomic E-state index is 12.0. The van der Waals surface area contributed by atoms with E-state index < -0.39 is 18.9 Å². The quantitative estimate of drug-likeness (QED) is 0.249. The Morgan fingerprint density at radius 2 is 2.12 bits per heavy atom. The van der Waals surface area contributed by atoms with Crippen molar-refractivity contribution in [1.82, 2.24) is 5.01 Å². The number of carbonyl (C=O) groups excluding carboxylic acids is 1. The van der Waals surface area contributed by atoms with Crippen molar-refractivity contribution in [2.75, 3.05) is 0 Å². The zero-order valence-corrected chi connectivity index (χ0v) is 14.3. The first kappa shape index (κ1) is 13.8. The topological polar surface area (TPSA) is 66.6 Å². The molecule has 0 aliphatic carbocycles. The van der Waals surface area contributed by atoms with E-state index >= 15 is 0 Å². The number of nitrogens with two attached hydrogens (primary N) is 1. The zero-order chi connectivity index (χ0) is 13.2. The van der Waals surface area contributed by atoms with Gasteiger partial charge in [-0.2, -0.15) is 0 Å². The van der Waals surface area contributed by atoms with Gasteiger partial charge in [0.15, 0.2) is 4.75 Å². The van der Waals surface area contributed by atoms with Gasteiger partial charge in [0.05, 0.1) is 14.2 Å². The minimum atomic E-state index is -1.49. The van der Waals surface area contributed by atoms with Gasteiger partial charge in [0, 0.05) is 3.58 Å². The first-order valence-electron chi connectivity index (χ1n) is 5.49. The van der Waals surface area contributed by atoms with E-state index in [2.05, 4.69) is 42.2 Å². The van der Waals surface area contributed by atoms with Gasteiger partial charge in [-0.05, 0) is 34.0 Å². The summed E-state index contributed by atoms with van der Waals surface area (Å²) < 4.78 is 1.70. The standard InChI is InChI=1S/C10H17IN2O2SSi/c1-5(14)10-7(13(12)9(10)15)6(11)8(16-10)17(2,3)4/h5,7,14H,12H2,1-4H3. The van der Waals surface area contributed by atoms with Gasteiger partial charge in [0.2, 0.25) is 0 Å². The van der Waals surface area contributed by atoms with Crippen LogP contribution < -0.4 is 5.84 Å². The Kier molecular flexibility index (Phi) is 3.22. The minimum Gasteiger partial charge on any atom is -0.391 e. The minimum absolute atomic E-state index is 0.137. The number of nitrogens with zero attached hydrogens (tertiary/aromatic N) is 1. The summed E-state index contributed by atoms with van der Waals surface area (Å²) in [6.45, 7) is 8.43. The second kappa shape index (κ2) is 3.96. The fraction of sp³-hybridized carbons (Fsp3) is 0.700. The van der Waals surface area contributed by atoms with Crippen molar-refractivity contribution in [1.29, 1.82) is 0 Å². The number of fused-ring (bicyclic) bond motifs is 1. The average Bonchev–Trinajstić information content (AvgIpc) is 2.48. The molecule has 1 amide bonds. The molecule has 0 aromatic heterocycles. The number of aliphatic hydroxyl groups is 1. The van der Waals surface area contributed by atoms with Gasteiger partial charge in [0.1, 0.15) is 6.04 Å². The molecular weight excluding hydrogens is 367 g/mol. The van der Waals surface area contributed by atoms with Crippen molar-refractivity contribution >= 4 is 48.3 Å². The number of hydrogen-bond acceptors (Lipinski definition) is 4. The second-order valence-electron chi connectivity index (χ2n) is 5.61. The molecule has 1 saturated heterocycles. The molecule has 0 radical (unpaired) electrons. The summed E-state index contributed by atoms with van der Waals surface area (Å²) >= 11 is 3.84. The van der Waals surface area contributed by atoms with Crippen LogP contribution in [0.25, 0.3) is 0 Å². The van der Waals surface area contributed by atoms with E-state index in [4.69, 9.17) is 5.84 Å². The summed E-state index contributed by atoms with van der Waals surface area (Å²) in [5.41, 5.74) is 0. The van der Waals surface area contributed by atoms with Crippen molar-refractivity contribution in [2.45, 2.75) is 43.5 Å². The lowest BCUT2D eigenvalue weighted by molar-refractivity contribution is -0.155. The Morgan fingerprint density at radius 3 is 2.47 bits per heavy atom. The molecule has 17 heavy (non-hydrogen) atoms. The first-order valence-corrected chi connectivity index (χ1v) is 10.9. The van der Waals surface area contributed by atoms with Gasteiger partial charge in [-0.3, -0.25) is 9.80 Å². The van der Waals surface area contributed by atoms with Gasteiger partial charge < -0.3 is 5.11 Å². The number of amides is 1. The van der Waals surface area contributed by atoms with E-state index in [0.717, 1.165) is 3.58 Å². The van der Waals surface area contributed by atoms with Crippen LogP contribution in [0.3, 0.4) is 0 Å². The molecule has 96 valence electrons. The Balaban J connectivity index is 2.46. The van der Waals surface area contributed by atoms with Crippen molar-refractivity contribution in [2.24, 2.45) is 5.84 Å².